The highest BCUT2D eigenvalue weighted by Gasteiger charge is 1.98. The molecule has 0 spiro atoms. The maximum atomic E-state index is 11.1. The fourth-order valence-electron chi connectivity index (χ4n) is 1.72. The van der Waals surface area contributed by atoms with Crippen molar-refractivity contribution in [2.24, 2.45) is 0 Å². The quantitative estimate of drug-likeness (QED) is 0.636. The highest BCUT2D eigenvalue weighted by molar-refractivity contribution is 5.94. The molecule has 0 aliphatic carbocycles. The summed E-state index contributed by atoms with van der Waals surface area (Å²) in [4.78, 5) is 11.1. The van der Waals surface area contributed by atoms with Gasteiger partial charge in [0, 0.05) is 11.1 Å². The standard InChI is InChI=1S/C18H16O3/c1-14(19)16-7-11-18(12-8-16)21-13-3-4-15-5-9-17(20-2)10-6-15/h5-12H,13H2,1-2H3. The van der Waals surface area contributed by atoms with Gasteiger partial charge < -0.3 is 9.47 Å². The Bertz CT molecular complexity index is 658. The number of carbonyl (C=O) groups is 1. The largest absolute Gasteiger partial charge is 0.497 e. The molecule has 3 heteroatoms. The highest BCUT2D eigenvalue weighted by atomic mass is 16.5. The maximum Gasteiger partial charge on any atom is 0.159 e. The van der Waals surface area contributed by atoms with Gasteiger partial charge in [-0.25, -0.2) is 0 Å². The van der Waals surface area contributed by atoms with Crippen molar-refractivity contribution in [3.63, 3.8) is 0 Å². The third-order valence-electron chi connectivity index (χ3n) is 2.89. The summed E-state index contributed by atoms with van der Waals surface area (Å²) in [6.45, 7) is 1.83. The van der Waals surface area contributed by atoms with Crippen LogP contribution in [0.2, 0.25) is 0 Å². The predicted molar refractivity (Wildman–Crippen MR) is 81.8 cm³/mol. The summed E-state index contributed by atoms with van der Waals surface area (Å²) in [5.41, 5.74) is 1.58. The Balaban J connectivity index is 1.89. The second-order valence-electron chi connectivity index (χ2n) is 4.40. The van der Waals surface area contributed by atoms with Crippen LogP contribution in [0.4, 0.5) is 0 Å². The first kappa shape index (κ1) is 14.7. The van der Waals surface area contributed by atoms with E-state index in [0.717, 1.165) is 11.3 Å². The zero-order chi connectivity index (χ0) is 15.1. The second-order valence-corrected chi connectivity index (χ2v) is 4.40. The Kier molecular flexibility index (Phi) is 5.00. The van der Waals surface area contributed by atoms with Crippen LogP contribution >= 0.6 is 0 Å². The van der Waals surface area contributed by atoms with E-state index in [2.05, 4.69) is 11.8 Å². The fraction of sp³-hybridized carbons (Fsp3) is 0.167. The van der Waals surface area contributed by atoms with E-state index in [1.54, 1.807) is 31.4 Å². The Labute approximate surface area is 124 Å². The molecule has 0 bridgehead atoms. The van der Waals surface area contributed by atoms with Crippen molar-refractivity contribution in [3.05, 3.63) is 59.7 Å². The molecule has 106 valence electrons. The van der Waals surface area contributed by atoms with E-state index in [1.807, 2.05) is 24.3 Å². The average Bonchev–Trinajstić information content (AvgIpc) is 2.52. The number of carbonyl (C=O) groups excluding carboxylic acids is 1. The van der Waals surface area contributed by atoms with E-state index in [1.165, 1.54) is 6.92 Å². The molecular weight excluding hydrogens is 264 g/mol. The van der Waals surface area contributed by atoms with Crippen LogP contribution in [-0.4, -0.2) is 19.5 Å². The normalized spacial score (nSPS) is 9.43. The Morgan fingerprint density at radius 1 is 1.00 bits per heavy atom. The molecule has 0 atom stereocenters. The first-order valence-corrected chi connectivity index (χ1v) is 6.56. The third-order valence-corrected chi connectivity index (χ3v) is 2.89. The van der Waals surface area contributed by atoms with Gasteiger partial charge in [-0.1, -0.05) is 11.8 Å². The van der Waals surface area contributed by atoms with Gasteiger partial charge in [0.05, 0.1) is 7.11 Å². The molecule has 0 aromatic heterocycles. The summed E-state index contributed by atoms with van der Waals surface area (Å²) in [6.07, 6.45) is 0. The molecule has 3 nitrogen and oxygen atoms in total. The minimum atomic E-state index is 0.0425. The van der Waals surface area contributed by atoms with Gasteiger partial charge in [-0.05, 0) is 55.5 Å². The molecule has 21 heavy (non-hydrogen) atoms. The van der Waals surface area contributed by atoms with Gasteiger partial charge in [-0.3, -0.25) is 4.79 Å². The molecule has 0 fully saturated rings. The van der Waals surface area contributed by atoms with Crippen LogP contribution in [0.25, 0.3) is 0 Å². The lowest BCUT2D eigenvalue weighted by Crippen LogP contribution is -1.96. The molecule has 2 aromatic carbocycles. The number of ketones is 1. The van der Waals surface area contributed by atoms with Crippen molar-refractivity contribution in [1.29, 1.82) is 0 Å². The van der Waals surface area contributed by atoms with Crippen molar-refractivity contribution < 1.29 is 14.3 Å². The molecule has 0 aliphatic rings. The molecule has 0 unspecified atom stereocenters. The molecular formula is C18H16O3. The zero-order valence-electron chi connectivity index (χ0n) is 12.1. The topological polar surface area (TPSA) is 35.5 Å². The molecule has 0 amide bonds. The predicted octanol–water partition coefficient (Wildman–Crippen LogP) is 3.33. The number of ether oxygens (including phenoxy) is 2. The molecule has 0 N–H and O–H groups in total. The monoisotopic (exact) mass is 280 g/mol. The van der Waals surface area contributed by atoms with Crippen LogP contribution in [-0.2, 0) is 0 Å². The average molecular weight is 280 g/mol. The Morgan fingerprint density at radius 3 is 2.19 bits per heavy atom. The molecule has 0 heterocycles. The van der Waals surface area contributed by atoms with Gasteiger partial charge in [-0.2, -0.15) is 0 Å². The first-order valence-electron chi connectivity index (χ1n) is 6.56. The van der Waals surface area contributed by atoms with Crippen LogP contribution in [0.3, 0.4) is 0 Å². The summed E-state index contributed by atoms with van der Waals surface area (Å²) < 4.78 is 10.6. The summed E-state index contributed by atoms with van der Waals surface area (Å²) in [7, 11) is 1.63. The van der Waals surface area contributed by atoms with Gasteiger partial charge >= 0.3 is 0 Å². The number of hydrogen-bond donors (Lipinski definition) is 0. The number of rotatable bonds is 4. The van der Waals surface area contributed by atoms with Gasteiger partial charge in [-0.15, -0.1) is 0 Å². The van der Waals surface area contributed by atoms with E-state index >= 15 is 0 Å². The van der Waals surface area contributed by atoms with E-state index < -0.39 is 0 Å². The highest BCUT2D eigenvalue weighted by Crippen LogP contribution is 2.12. The van der Waals surface area contributed by atoms with Crippen LogP contribution in [0.15, 0.2) is 48.5 Å². The van der Waals surface area contributed by atoms with E-state index in [0.29, 0.717) is 17.9 Å². The van der Waals surface area contributed by atoms with Crippen LogP contribution < -0.4 is 9.47 Å². The zero-order valence-corrected chi connectivity index (χ0v) is 12.1. The fourth-order valence-corrected chi connectivity index (χ4v) is 1.72. The Morgan fingerprint density at radius 2 is 1.62 bits per heavy atom. The number of hydrogen-bond acceptors (Lipinski definition) is 3. The smallest absolute Gasteiger partial charge is 0.159 e. The molecule has 0 saturated heterocycles. The van der Waals surface area contributed by atoms with Crippen molar-refractivity contribution >= 4 is 5.78 Å². The van der Waals surface area contributed by atoms with Crippen molar-refractivity contribution in [1.82, 2.24) is 0 Å². The first-order chi connectivity index (χ1) is 10.2. The van der Waals surface area contributed by atoms with Crippen molar-refractivity contribution in [2.45, 2.75) is 6.92 Å². The molecule has 2 aromatic rings. The van der Waals surface area contributed by atoms with Crippen LogP contribution in [0.5, 0.6) is 11.5 Å². The number of Topliss-reactive ketones (excluding diaryl/α,β-unsaturated/α-hetero) is 1. The van der Waals surface area contributed by atoms with Crippen LogP contribution in [0, 0.1) is 11.8 Å². The lowest BCUT2D eigenvalue weighted by Gasteiger charge is -2.02. The lowest BCUT2D eigenvalue weighted by atomic mass is 10.1. The SMILES string of the molecule is COc1ccc(C#CCOc2ccc(C(C)=O)cc2)cc1. The summed E-state index contributed by atoms with van der Waals surface area (Å²) in [5, 5.41) is 0. The van der Waals surface area contributed by atoms with E-state index in [4.69, 9.17) is 9.47 Å². The maximum absolute atomic E-state index is 11.1. The molecule has 0 radical (unpaired) electrons. The third kappa shape index (κ3) is 4.39. The molecule has 2 rings (SSSR count). The summed E-state index contributed by atoms with van der Waals surface area (Å²) >= 11 is 0. The second kappa shape index (κ2) is 7.16. The lowest BCUT2D eigenvalue weighted by molar-refractivity contribution is 0.101. The number of methoxy groups -OCH3 is 1. The number of benzene rings is 2. The van der Waals surface area contributed by atoms with E-state index in [9.17, 15) is 4.79 Å². The van der Waals surface area contributed by atoms with Crippen LogP contribution in [0.1, 0.15) is 22.8 Å². The van der Waals surface area contributed by atoms with Crippen molar-refractivity contribution in [2.75, 3.05) is 13.7 Å². The molecule has 0 aliphatic heterocycles. The summed E-state index contributed by atoms with van der Waals surface area (Å²) in [6, 6.07) is 14.6. The van der Waals surface area contributed by atoms with Gasteiger partial charge in [0.25, 0.3) is 0 Å². The molecule has 0 saturated carbocycles. The minimum Gasteiger partial charge on any atom is -0.497 e. The van der Waals surface area contributed by atoms with Gasteiger partial charge in [0.1, 0.15) is 18.1 Å². The summed E-state index contributed by atoms with van der Waals surface area (Å²) in [5.74, 6) is 7.50. The Hall–Kier alpha value is -2.73. The van der Waals surface area contributed by atoms with E-state index in [-0.39, 0.29) is 5.78 Å². The van der Waals surface area contributed by atoms with Crippen molar-refractivity contribution in [3.8, 4) is 23.3 Å². The van der Waals surface area contributed by atoms with Gasteiger partial charge in [0.2, 0.25) is 0 Å². The minimum absolute atomic E-state index is 0.0425. The van der Waals surface area contributed by atoms with Gasteiger partial charge in [0.15, 0.2) is 5.78 Å².